The van der Waals surface area contributed by atoms with E-state index in [1.54, 1.807) is 0 Å². The molecule has 0 spiro atoms. The fraction of sp³-hybridized carbons (Fsp3) is 0.615. The minimum atomic E-state index is 0.791. The van der Waals surface area contributed by atoms with Crippen molar-refractivity contribution in [2.45, 2.75) is 38.3 Å². The third kappa shape index (κ3) is 4.04. The predicted octanol–water partition coefficient (Wildman–Crippen LogP) is 3.98. The minimum absolute atomic E-state index is 0.791. The van der Waals surface area contributed by atoms with Crippen LogP contribution in [0.25, 0.3) is 0 Å². The van der Waals surface area contributed by atoms with Crippen molar-refractivity contribution in [3.8, 4) is 0 Å². The Morgan fingerprint density at radius 2 is 2.18 bits per heavy atom. The molecule has 1 fully saturated rings. The number of nitrogens with zero attached hydrogens (tertiary/aromatic N) is 2. The Morgan fingerprint density at radius 3 is 2.71 bits per heavy atom. The van der Waals surface area contributed by atoms with Crippen molar-refractivity contribution >= 4 is 31.9 Å². The first-order valence-electron chi connectivity index (χ1n) is 6.20. The Kier molecular flexibility index (Phi) is 5.45. The minimum Gasteiger partial charge on any atom is -0.295 e. The number of hydrogen-bond donors (Lipinski definition) is 0. The van der Waals surface area contributed by atoms with Crippen LogP contribution in [0, 0.1) is 0 Å². The molecule has 0 amide bonds. The highest BCUT2D eigenvalue weighted by Gasteiger charge is 2.24. The molecule has 17 heavy (non-hydrogen) atoms. The van der Waals surface area contributed by atoms with Gasteiger partial charge in [-0.3, -0.25) is 9.88 Å². The monoisotopic (exact) mass is 360 g/mol. The first kappa shape index (κ1) is 13.5. The zero-order chi connectivity index (χ0) is 12.1. The summed E-state index contributed by atoms with van der Waals surface area (Å²) in [6.07, 6.45) is 7.21. The van der Waals surface area contributed by atoms with Gasteiger partial charge >= 0.3 is 0 Å². The lowest BCUT2D eigenvalue weighted by atomic mass is 9.91. The fourth-order valence-electron chi connectivity index (χ4n) is 2.11. The fourth-order valence-corrected chi connectivity index (χ4v) is 2.60. The molecule has 0 saturated heterocycles. The Balaban J connectivity index is 1.93. The zero-order valence-electron chi connectivity index (χ0n) is 9.91. The zero-order valence-corrected chi connectivity index (χ0v) is 13.1. The van der Waals surface area contributed by atoms with Gasteiger partial charge in [-0.05, 0) is 53.9 Å². The molecule has 0 aromatic carbocycles. The molecule has 1 heterocycles. The van der Waals surface area contributed by atoms with Crippen molar-refractivity contribution in [3.05, 3.63) is 28.5 Å². The third-order valence-electron chi connectivity index (χ3n) is 3.32. The SMILES string of the molecule is BrCCCN(Cc1ccc(Br)cn1)C1CCC1. The van der Waals surface area contributed by atoms with E-state index in [1.165, 1.54) is 37.9 Å². The van der Waals surface area contributed by atoms with Crippen LogP contribution in [-0.4, -0.2) is 27.8 Å². The van der Waals surface area contributed by atoms with Gasteiger partial charge in [0.1, 0.15) is 0 Å². The number of pyridine rings is 1. The van der Waals surface area contributed by atoms with E-state index >= 15 is 0 Å². The van der Waals surface area contributed by atoms with Crippen LogP contribution in [0.2, 0.25) is 0 Å². The van der Waals surface area contributed by atoms with E-state index in [-0.39, 0.29) is 0 Å². The van der Waals surface area contributed by atoms with Gasteiger partial charge < -0.3 is 0 Å². The average Bonchev–Trinajstić information content (AvgIpc) is 2.26. The molecule has 1 saturated carbocycles. The van der Waals surface area contributed by atoms with E-state index in [4.69, 9.17) is 0 Å². The van der Waals surface area contributed by atoms with Crippen molar-refractivity contribution < 1.29 is 0 Å². The van der Waals surface area contributed by atoms with Gasteiger partial charge in [0.25, 0.3) is 0 Å². The van der Waals surface area contributed by atoms with Gasteiger partial charge in [0.05, 0.1) is 5.69 Å². The van der Waals surface area contributed by atoms with Crippen LogP contribution in [0.4, 0.5) is 0 Å². The first-order valence-corrected chi connectivity index (χ1v) is 8.11. The molecule has 1 aromatic heterocycles. The molecule has 4 heteroatoms. The molecule has 1 aromatic rings. The van der Waals surface area contributed by atoms with E-state index in [0.29, 0.717) is 0 Å². The second kappa shape index (κ2) is 6.86. The largest absolute Gasteiger partial charge is 0.295 e. The van der Waals surface area contributed by atoms with Crippen LogP contribution in [0.1, 0.15) is 31.4 Å². The maximum Gasteiger partial charge on any atom is 0.0544 e. The lowest BCUT2D eigenvalue weighted by Crippen LogP contribution is -2.40. The molecule has 94 valence electrons. The van der Waals surface area contributed by atoms with Gasteiger partial charge in [-0.2, -0.15) is 0 Å². The van der Waals surface area contributed by atoms with E-state index in [0.717, 1.165) is 22.4 Å². The predicted molar refractivity (Wildman–Crippen MR) is 78.4 cm³/mol. The summed E-state index contributed by atoms with van der Waals surface area (Å²) < 4.78 is 1.05. The van der Waals surface area contributed by atoms with E-state index in [1.807, 2.05) is 6.20 Å². The van der Waals surface area contributed by atoms with Crippen LogP contribution < -0.4 is 0 Å². The normalized spacial score (nSPS) is 16.2. The maximum absolute atomic E-state index is 4.47. The number of halogens is 2. The third-order valence-corrected chi connectivity index (χ3v) is 4.35. The Labute approximate surface area is 120 Å². The second-order valence-corrected chi connectivity index (χ2v) is 6.27. The Hall–Kier alpha value is 0.0700. The Bertz CT molecular complexity index is 336. The molecule has 2 nitrogen and oxygen atoms in total. The molecule has 0 bridgehead atoms. The summed E-state index contributed by atoms with van der Waals surface area (Å²) in [7, 11) is 0. The van der Waals surface area contributed by atoms with Crippen LogP contribution in [0.3, 0.4) is 0 Å². The number of rotatable bonds is 6. The summed E-state index contributed by atoms with van der Waals surface area (Å²) in [5.41, 5.74) is 1.18. The standard InChI is InChI=1S/C13H18Br2N2/c14-7-2-8-17(13-3-1-4-13)10-12-6-5-11(15)9-16-12/h5-6,9,13H,1-4,7-8,10H2. The van der Waals surface area contributed by atoms with Gasteiger partial charge in [0, 0.05) is 28.6 Å². The summed E-state index contributed by atoms with van der Waals surface area (Å²) >= 11 is 6.94. The van der Waals surface area contributed by atoms with Crippen molar-refractivity contribution in [1.29, 1.82) is 0 Å². The van der Waals surface area contributed by atoms with Crippen LogP contribution in [-0.2, 0) is 6.54 Å². The van der Waals surface area contributed by atoms with E-state index < -0.39 is 0 Å². The smallest absolute Gasteiger partial charge is 0.0544 e. The van der Waals surface area contributed by atoms with Crippen LogP contribution in [0.15, 0.2) is 22.8 Å². The average molecular weight is 362 g/mol. The molecular weight excluding hydrogens is 344 g/mol. The van der Waals surface area contributed by atoms with E-state index in [2.05, 4.69) is 53.9 Å². The van der Waals surface area contributed by atoms with Gasteiger partial charge in [0.15, 0.2) is 0 Å². The van der Waals surface area contributed by atoms with Crippen molar-refractivity contribution in [2.24, 2.45) is 0 Å². The molecule has 2 rings (SSSR count). The molecule has 0 unspecified atom stereocenters. The highest BCUT2D eigenvalue weighted by atomic mass is 79.9. The van der Waals surface area contributed by atoms with Crippen LogP contribution in [0.5, 0.6) is 0 Å². The number of hydrogen-bond acceptors (Lipinski definition) is 2. The highest BCUT2D eigenvalue weighted by Crippen LogP contribution is 2.26. The summed E-state index contributed by atoms with van der Waals surface area (Å²) in [4.78, 5) is 7.05. The van der Waals surface area contributed by atoms with Crippen LogP contribution >= 0.6 is 31.9 Å². The number of aromatic nitrogens is 1. The highest BCUT2D eigenvalue weighted by molar-refractivity contribution is 9.10. The quantitative estimate of drug-likeness (QED) is 0.712. The molecule has 1 aliphatic carbocycles. The van der Waals surface area contributed by atoms with Gasteiger partial charge in [0.2, 0.25) is 0 Å². The van der Waals surface area contributed by atoms with Crippen molar-refractivity contribution in [2.75, 3.05) is 11.9 Å². The lowest BCUT2D eigenvalue weighted by molar-refractivity contribution is 0.118. The topological polar surface area (TPSA) is 16.1 Å². The number of alkyl halides is 1. The van der Waals surface area contributed by atoms with Gasteiger partial charge in [-0.25, -0.2) is 0 Å². The summed E-state index contributed by atoms with van der Waals surface area (Å²) in [6, 6.07) is 4.98. The van der Waals surface area contributed by atoms with Crippen molar-refractivity contribution in [3.63, 3.8) is 0 Å². The molecule has 1 aliphatic rings. The maximum atomic E-state index is 4.47. The molecular formula is C13H18Br2N2. The summed E-state index contributed by atoms with van der Waals surface area (Å²) in [5.74, 6) is 0. The summed E-state index contributed by atoms with van der Waals surface area (Å²) in [6.45, 7) is 2.17. The van der Waals surface area contributed by atoms with Crippen molar-refractivity contribution in [1.82, 2.24) is 9.88 Å². The Morgan fingerprint density at radius 1 is 1.35 bits per heavy atom. The summed E-state index contributed by atoms with van der Waals surface area (Å²) in [5, 5.41) is 1.09. The molecule has 0 aliphatic heterocycles. The lowest BCUT2D eigenvalue weighted by Gasteiger charge is -2.37. The first-order chi connectivity index (χ1) is 8.29. The van der Waals surface area contributed by atoms with Gasteiger partial charge in [-0.15, -0.1) is 0 Å². The van der Waals surface area contributed by atoms with Gasteiger partial charge in [-0.1, -0.05) is 22.4 Å². The second-order valence-electron chi connectivity index (χ2n) is 4.57. The van der Waals surface area contributed by atoms with E-state index in [9.17, 15) is 0 Å². The molecule has 0 atom stereocenters. The molecule has 0 radical (unpaired) electrons. The molecule has 0 N–H and O–H groups in total.